The third-order valence-corrected chi connectivity index (χ3v) is 3.07. The first-order valence-electron chi connectivity index (χ1n) is 5.85. The third kappa shape index (κ3) is 3.17. The number of rotatable bonds is 3. The van der Waals surface area contributed by atoms with E-state index in [0.29, 0.717) is 16.1 Å². The molecule has 96 valence electrons. The van der Waals surface area contributed by atoms with Gasteiger partial charge in [0.05, 0.1) is 0 Å². The molecule has 3 N–H and O–H groups in total. The summed E-state index contributed by atoms with van der Waals surface area (Å²) in [7, 11) is 0. The van der Waals surface area contributed by atoms with Crippen LogP contribution in [-0.2, 0) is 0 Å². The number of amides is 1. The fourth-order valence-electron chi connectivity index (χ4n) is 1.73. The molecule has 0 saturated heterocycles. The van der Waals surface area contributed by atoms with Gasteiger partial charge in [0.2, 0.25) is 5.91 Å². The van der Waals surface area contributed by atoms with Gasteiger partial charge in [0.15, 0.2) is 0 Å². The Hall–Kier alpha value is -2.20. The summed E-state index contributed by atoms with van der Waals surface area (Å²) in [5.74, 6) is -0.483. The van der Waals surface area contributed by atoms with Gasteiger partial charge in [-0.1, -0.05) is 48.1 Å². The first-order valence-corrected chi connectivity index (χ1v) is 6.25. The molecule has 2 aromatic carbocycles. The van der Waals surface area contributed by atoms with Gasteiger partial charge in [-0.15, -0.1) is 0 Å². The summed E-state index contributed by atoms with van der Waals surface area (Å²) < 4.78 is 0. The van der Waals surface area contributed by atoms with Gasteiger partial charge < -0.3 is 11.1 Å². The van der Waals surface area contributed by atoms with E-state index in [-0.39, 0.29) is 0 Å². The Balaban J connectivity index is 2.25. The van der Waals surface area contributed by atoms with E-state index in [1.54, 1.807) is 18.2 Å². The normalized spacial score (nSPS) is 9.95. The fraction of sp³-hybridized carbons (Fsp3) is 0.0667. The molecule has 0 radical (unpaired) electrons. The van der Waals surface area contributed by atoms with Crippen LogP contribution in [0.15, 0.2) is 48.5 Å². The SMILES string of the molecule is Cc1ccc(NC(=S)c2ccccc2C(N)=O)cc1. The van der Waals surface area contributed by atoms with E-state index in [1.165, 1.54) is 5.56 Å². The van der Waals surface area contributed by atoms with Crippen molar-refractivity contribution in [1.29, 1.82) is 0 Å². The number of nitrogens with one attached hydrogen (secondary N) is 1. The summed E-state index contributed by atoms with van der Waals surface area (Å²) in [5.41, 5.74) is 8.47. The Morgan fingerprint density at radius 2 is 1.63 bits per heavy atom. The van der Waals surface area contributed by atoms with Crippen molar-refractivity contribution in [3.05, 3.63) is 65.2 Å². The molecule has 0 aliphatic carbocycles. The van der Waals surface area contributed by atoms with Crippen LogP contribution >= 0.6 is 12.2 Å². The lowest BCUT2D eigenvalue weighted by atomic mass is 10.1. The first-order chi connectivity index (χ1) is 9.08. The standard InChI is InChI=1S/C15H14N2OS/c1-10-6-8-11(9-7-10)17-15(19)13-5-3-2-4-12(13)14(16)18/h2-9H,1H3,(H2,16,18)(H,17,19). The van der Waals surface area contributed by atoms with Crippen LogP contribution in [0.4, 0.5) is 5.69 Å². The summed E-state index contributed by atoms with van der Waals surface area (Å²) in [6.07, 6.45) is 0. The van der Waals surface area contributed by atoms with Crippen molar-refractivity contribution >= 4 is 28.8 Å². The smallest absolute Gasteiger partial charge is 0.249 e. The highest BCUT2D eigenvalue weighted by molar-refractivity contribution is 7.81. The van der Waals surface area contributed by atoms with E-state index in [0.717, 1.165) is 5.69 Å². The van der Waals surface area contributed by atoms with E-state index in [4.69, 9.17) is 18.0 Å². The van der Waals surface area contributed by atoms with Crippen molar-refractivity contribution in [3.63, 3.8) is 0 Å². The second-order valence-electron chi connectivity index (χ2n) is 4.23. The molecule has 1 amide bonds. The van der Waals surface area contributed by atoms with E-state index >= 15 is 0 Å². The number of hydrogen-bond donors (Lipinski definition) is 2. The first kappa shape index (κ1) is 13.2. The van der Waals surface area contributed by atoms with Crippen LogP contribution in [0.25, 0.3) is 0 Å². The lowest BCUT2D eigenvalue weighted by Crippen LogP contribution is -2.19. The van der Waals surface area contributed by atoms with Gasteiger partial charge in [0.25, 0.3) is 0 Å². The lowest BCUT2D eigenvalue weighted by molar-refractivity contribution is 0.1000. The number of carbonyl (C=O) groups excluding carboxylic acids is 1. The van der Waals surface area contributed by atoms with Crippen LogP contribution in [0.1, 0.15) is 21.5 Å². The molecule has 0 atom stereocenters. The molecule has 0 saturated carbocycles. The number of carbonyl (C=O) groups is 1. The van der Waals surface area contributed by atoms with Gasteiger partial charge in [0, 0.05) is 16.8 Å². The molecule has 0 fully saturated rings. The summed E-state index contributed by atoms with van der Waals surface area (Å²) in [4.78, 5) is 11.8. The maximum absolute atomic E-state index is 11.4. The summed E-state index contributed by atoms with van der Waals surface area (Å²) in [6, 6.07) is 14.9. The van der Waals surface area contributed by atoms with Crippen LogP contribution in [0, 0.1) is 6.92 Å². The zero-order valence-corrected chi connectivity index (χ0v) is 11.3. The molecule has 0 unspecified atom stereocenters. The van der Waals surface area contributed by atoms with E-state index in [1.807, 2.05) is 37.3 Å². The monoisotopic (exact) mass is 270 g/mol. The maximum atomic E-state index is 11.4. The minimum absolute atomic E-state index is 0.423. The number of hydrogen-bond acceptors (Lipinski definition) is 2. The number of nitrogens with two attached hydrogens (primary N) is 1. The number of primary amides is 1. The van der Waals surface area contributed by atoms with Crippen LogP contribution < -0.4 is 11.1 Å². The van der Waals surface area contributed by atoms with Gasteiger partial charge in [-0.05, 0) is 25.1 Å². The molecule has 4 heteroatoms. The van der Waals surface area contributed by atoms with E-state index in [9.17, 15) is 4.79 Å². The Labute approximate surface area is 117 Å². The largest absolute Gasteiger partial charge is 0.366 e. The maximum Gasteiger partial charge on any atom is 0.249 e. The Morgan fingerprint density at radius 3 is 2.21 bits per heavy atom. The minimum atomic E-state index is -0.483. The molecule has 19 heavy (non-hydrogen) atoms. The Bertz CT molecular complexity index is 620. The zero-order valence-electron chi connectivity index (χ0n) is 10.5. The van der Waals surface area contributed by atoms with E-state index < -0.39 is 5.91 Å². The minimum Gasteiger partial charge on any atom is -0.366 e. The van der Waals surface area contributed by atoms with Crippen LogP contribution in [0.5, 0.6) is 0 Å². The molecule has 0 bridgehead atoms. The second kappa shape index (κ2) is 5.63. The van der Waals surface area contributed by atoms with Crippen LogP contribution in [0.3, 0.4) is 0 Å². The van der Waals surface area contributed by atoms with Gasteiger partial charge in [-0.3, -0.25) is 4.79 Å². The molecule has 0 aromatic heterocycles. The molecule has 0 spiro atoms. The van der Waals surface area contributed by atoms with Crippen molar-refractivity contribution < 1.29 is 4.79 Å². The van der Waals surface area contributed by atoms with E-state index in [2.05, 4.69) is 5.32 Å². The summed E-state index contributed by atoms with van der Waals surface area (Å²) >= 11 is 5.32. The number of thiocarbonyl (C=S) groups is 1. The van der Waals surface area contributed by atoms with Gasteiger partial charge in [-0.25, -0.2) is 0 Å². The predicted molar refractivity (Wildman–Crippen MR) is 81.5 cm³/mol. The van der Waals surface area contributed by atoms with Crippen molar-refractivity contribution in [2.24, 2.45) is 5.73 Å². The van der Waals surface area contributed by atoms with Crippen molar-refractivity contribution in [1.82, 2.24) is 0 Å². The lowest BCUT2D eigenvalue weighted by Gasteiger charge is -2.11. The number of anilines is 1. The van der Waals surface area contributed by atoms with Crippen LogP contribution in [0.2, 0.25) is 0 Å². The molecular formula is C15H14N2OS. The van der Waals surface area contributed by atoms with Gasteiger partial charge in [0.1, 0.15) is 4.99 Å². The molecule has 0 aliphatic rings. The Morgan fingerprint density at radius 1 is 1.05 bits per heavy atom. The third-order valence-electron chi connectivity index (χ3n) is 2.75. The average molecular weight is 270 g/mol. The van der Waals surface area contributed by atoms with Gasteiger partial charge >= 0.3 is 0 Å². The second-order valence-corrected chi connectivity index (χ2v) is 4.64. The highest BCUT2D eigenvalue weighted by atomic mass is 32.1. The van der Waals surface area contributed by atoms with Crippen molar-refractivity contribution in [2.75, 3.05) is 5.32 Å². The highest BCUT2D eigenvalue weighted by Crippen LogP contribution is 2.14. The molecule has 2 aromatic rings. The van der Waals surface area contributed by atoms with Crippen LogP contribution in [-0.4, -0.2) is 10.9 Å². The quantitative estimate of drug-likeness (QED) is 0.843. The molecule has 2 rings (SSSR count). The topological polar surface area (TPSA) is 55.1 Å². The molecule has 0 aliphatic heterocycles. The fourth-order valence-corrected chi connectivity index (χ4v) is 2.03. The summed E-state index contributed by atoms with van der Waals surface area (Å²) in [6.45, 7) is 2.02. The van der Waals surface area contributed by atoms with Crippen molar-refractivity contribution in [2.45, 2.75) is 6.92 Å². The molecule has 0 heterocycles. The zero-order chi connectivity index (χ0) is 13.8. The van der Waals surface area contributed by atoms with Gasteiger partial charge in [-0.2, -0.15) is 0 Å². The number of aryl methyl sites for hydroxylation is 1. The average Bonchev–Trinajstić information content (AvgIpc) is 2.41. The van der Waals surface area contributed by atoms with Crippen molar-refractivity contribution in [3.8, 4) is 0 Å². The Kier molecular flexibility index (Phi) is 3.92. The molecule has 3 nitrogen and oxygen atoms in total. The highest BCUT2D eigenvalue weighted by Gasteiger charge is 2.11. The molecular weight excluding hydrogens is 256 g/mol. The summed E-state index contributed by atoms with van der Waals surface area (Å²) in [5, 5.41) is 3.10. The number of benzene rings is 2. The predicted octanol–water partition coefficient (Wildman–Crippen LogP) is 2.88.